The first-order valence-corrected chi connectivity index (χ1v) is 36.0. The van der Waals surface area contributed by atoms with E-state index in [0.29, 0.717) is 19.3 Å². The van der Waals surface area contributed by atoms with Gasteiger partial charge in [-0.3, -0.25) is 14.4 Å². The summed E-state index contributed by atoms with van der Waals surface area (Å²) in [6.45, 7) is 6.73. The van der Waals surface area contributed by atoms with Gasteiger partial charge in [0.25, 0.3) is 0 Å². The summed E-state index contributed by atoms with van der Waals surface area (Å²) in [5.74, 6) is -0.823. The van der Waals surface area contributed by atoms with Gasteiger partial charge in [-0.1, -0.05) is 387 Å². The van der Waals surface area contributed by atoms with Crippen molar-refractivity contribution in [3.05, 3.63) is 0 Å². The molecule has 0 aliphatic carbocycles. The van der Waals surface area contributed by atoms with Crippen molar-refractivity contribution < 1.29 is 28.6 Å². The van der Waals surface area contributed by atoms with E-state index in [-0.39, 0.29) is 31.1 Å². The number of hydrogen-bond acceptors (Lipinski definition) is 6. The summed E-state index contributed by atoms with van der Waals surface area (Å²) in [6, 6.07) is 0. The maximum absolute atomic E-state index is 12.9. The average molecular weight is 1100 g/mol. The van der Waals surface area contributed by atoms with Gasteiger partial charge < -0.3 is 14.2 Å². The predicted molar refractivity (Wildman–Crippen MR) is 340 cm³/mol. The van der Waals surface area contributed by atoms with Crippen molar-refractivity contribution in [2.75, 3.05) is 13.2 Å². The van der Waals surface area contributed by atoms with Crippen LogP contribution in [0.3, 0.4) is 0 Å². The molecule has 6 nitrogen and oxygen atoms in total. The average Bonchev–Trinajstić information content (AvgIpc) is 3.44. The maximum Gasteiger partial charge on any atom is 0.306 e. The second-order valence-electron chi connectivity index (χ2n) is 24.9. The van der Waals surface area contributed by atoms with E-state index in [9.17, 15) is 14.4 Å². The first-order chi connectivity index (χ1) is 38.5. The third-order valence-corrected chi connectivity index (χ3v) is 16.9. The summed E-state index contributed by atoms with van der Waals surface area (Å²) >= 11 is 0. The minimum Gasteiger partial charge on any atom is -0.462 e. The number of hydrogen-bond donors (Lipinski definition) is 0. The Morgan fingerprint density at radius 2 is 0.346 bits per heavy atom. The topological polar surface area (TPSA) is 78.9 Å². The molecule has 0 saturated carbocycles. The fraction of sp³-hybridized carbons (Fsp3) is 0.958. The van der Waals surface area contributed by atoms with Gasteiger partial charge >= 0.3 is 17.9 Å². The lowest BCUT2D eigenvalue weighted by Crippen LogP contribution is -2.30. The highest BCUT2D eigenvalue weighted by Crippen LogP contribution is 2.20. The Kier molecular flexibility index (Phi) is 66.5. The Morgan fingerprint density at radius 1 is 0.205 bits per heavy atom. The largest absolute Gasteiger partial charge is 0.462 e. The molecule has 0 aromatic heterocycles. The third kappa shape index (κ3) is 65.2. The smallest absolute Gasteiger partial charge is 0.306 e. The predicted octanol–water partition coefficient (Wildman–Crippen LogP) is 24.6. The quantitative estimate of drug-likeness (QED) is 0.0343. The normalized spacial score (nSPS) is 11.9. The number of ether oxygens (including phenoxy) is 3. The zero-order chi connectivity index (χ0) is 56.4. The van der Waals surface area contributed by atoms with Crippen molar-refractivity contribution in [1.82, 2.24) is 0 Å². The van der Waals surface area contributed by atoms with Crippen molar-refractivity contribution in [2.24, 2.45) is 0 Å². The first kappa shape index (κ1) is 76.4. The number of rotatable bonds is 68. The van der Waals surface area contributed by atoms with Crippen molar-refractivity contribution in [3.8, 4) is 0 Å². The Balaban J connectivity index is 4.05. The van der Waals surface area contributed by atoms with Crippen molar-refractivity contribution >= 4 is 17.9 Å². The van der Waals surface area contributed by atoms with E-state index in [1.807, 2.05) is 0 Å². The summed E-state index contributed by atoms with van der Waals surface area (Å²) in [6.07, 6.45) is 80.1. The molecule has 78 heavy (non-hydrogen) atoms. The number of unbranched alkanes of at least 4 members (excludes halogenated alkanes) is 57. The van der Waals surface area contributed by atoms with Crippen LogP contribution in [0.1, 0.15) is 425 Å². The van der Waals surface area contributed by atoms with Gasteiger partial charge in [-0.25, -0.2) is 0 Å². The fourth-order valence-corrected chi connectivity index (χ4v) is 11.5. The third-order valence-electron chi connectivity index (χ3n) is 16.9. The molecule has 0 spiro atoms. The van der Waals surface area contributed by atoms with Crippen molar-refractivity contribution in [1.29, 1.82) is 0 Å². The lowest BCUT2D eigenvalue weighted by atomic mass is 10.0. The Morgan fingerprint density at radius 3 is 0.513 bits per heavy atom. The van der Waals surface area contributed by atoms with E-state index in [4.69, 9.17) is 14.2 Å². The van der Waals surface area contributed by atoms with E-state index in [2.05, 4.69) is 20.8 Å². The molecule has 0 heterocycles. The van der Waals surface area contributed by atoms with Crippen LogP contribution in [-0.4, -0.2) is 37.2 Å². The van der Waals surface area contributed by atoms with E-state index in [1.54, 1.807) is 0 Å². The van der Waals surface area contributed by atoms with Crippen LogP contribution in [0.25, 0.3) is 0 Å². The molecule has 0 fully saturated rings. The summed E-state index contributed by atoms with van der Waals surface area (Å²) in [7, 11) is 0. The summed E-state index contributed by atoms with van der Waals surface area (Å²) in [5.41, 5.74) is 0. The van der Waals surface area contributed by atoms with Crippen LogP contribution in [-0.2, 0) is 28.6 Å². The summed E-state index contributed by atoms with van der Waals surface area (Å²) in [5, 5.41) is 0. The van der Waals surface area contributed by atoms with Gasteiger partial charge in [-0.2, -0.15) is 0 Å². The fourth-order valence-electron chi connectivity index (χ4n) is 11.5. The molecule has 0 N–H and O–H groups in total. The minimum absolute atomic E-state index is 0.0604. The molecular formula is C72H140O6. The highest BCUT2D eigenvalue weighted by molar-refractivity contribution is 5.71. The Hall–Kier alpha value is -1.59. The van der Waals surface area contributed by atoms with Gasteiger partial charge in [0, 0.05) is 19.3 Å². The molecule has 0 aliphatic rings. The summed E-state index contributed by atoms with van der Waals surface area (Å²) < 4.78 is 17.0. The van der Waals surface area contributed by atoms with Crippen LogP contribution in [0.2, 0.25) is 0 Å². The van der Waals surface area contributed by atoms with Crippen LogP contribution in [0.5, 0.6) is 0 Å². The maximum atomic E-state index is 12.9. The number of esters is 3. The van der Waals surface area contributed by atoms with Crippen LogP contribution < -0.4 is 0 Å². The van der Waals surface area contributed by atoms with Crippen LogP contribution in [0.4, 0.5) is 0 Å². The molecule has 0 bridgehead atoms. The van der Waals surface area contributed by atoms with E-state index in [1.165, 1.54) is 327 Å². The van der Waals surface area contributed by atoms with Crippen LogP contribution in [0, 0.1) is 0 Å². The van der Waals surface area contributed by atoms with Crippen molar-refractivity contribution in [2.45, 2.75) is 431 Å². The zero-order valence-corrected chi connectivity index (χ0v) is 53.5. The molecule has 0 rings (SSSR count). The Bertz CT molecular complexity index is 1170. The minimum atomic E-state index is -0.762. The molecule has 1 unspecified atom stereocenters. The van der Waals surface area contributed by atoms with Crippen LogP contribution >= 0.6 is 0 Å². The molecule has 0 aromatic carbocycles. The van der Waals surface area contributed by atoms with Gasteiger partial charge in [0.1, 0.15) is 13.2 Å². The zero-order valence-electron chi connectivity index (χ0n) is 53.5. The Labute approximate surface area is 488 Å². The SMILES string of the molecule is CCCCCCCCCCCCCCCCCCCCCCCCCCCCCCCCCCC(=O)OCC(COC(=O)CCCCCCCCCCCCCCCC)OC(=O)CCCCCCCCCCCCCCCC. The second kappa shape index (κ2) is 67.9. The molecule has 0 saturated heterocycles. The summed E-state index contributed by atoms with van der Waals surface area (Å²) in [4.78, 5) is 38.3. The standard InChI is InChI=1S/C72H140O6/c1-4-7-10-13-16-19-22-25-28-29-30-31-32-33-34-35-36-37-38-39-40-41-42-43-44-45-48-50-53-56-59-62-65-71(74)77-68-69(78-72(75)66-63-60-57-54-51-47-27-24-21-18-15-12-9-6-3)67-76-70(73)64-61-58-55-52-49-46-26-23-20-17-14-11-8-5-2/h69H,4-68H2,1-3H3. The van der Waals surface area contributed by atoms with Gasteiger partial charge in [0.05, 0.1) is 0 Å². The van der Waals surface area contributed by atoms with Crippen LogP contribution in [0.15, 0.2) is 0 Å². The van der Waals surface area contributed by atoms with Gasteiger partial charge in [-0.15, -0.1) is 0 Å². The molecule has 0 aliphatic heterocycles. The first-order valence-electron chi connectivity index (χ1n) is 36.0. The monoisotopic (exact) mass is 1100 g/mol. The van der Waals surface area contributed by atoms with Gasteiger partial charge in [-0.05, 0) is 19.3 Å². The highest BCUT2D eigenvalue weighted by atomic mass is 16.6. The molecule has 0 amide bonds. The lowest BCUT2D eigenvalue weighted by Gasteiger charge is -2.18. The molecule has 1 atom stereocenters. The van der Waals surface area contributed by atoms with Gasteiger partial charge in [0.15, 0.2) is 6.10 Å². The number of carbonyl (C=O) groups is 3. The number of carbonyl (C=O) groups excluding carboxylic acids is 3. The molecule has 6 heteroatoms. The van der Waals surface area contributed by atoms with E-state index < -0.39 is 6.10 Å². The molecule has 464 valence electrons. The molecular weight excluding hydrogens is 961 g/mol. The second-order valence-corrected chi connectivity index (χ2v) is 24.9. The van der Waals surface area contributed by atoms with E-state index in [0.717, 1.165) is 57.8 Å². The van der Waals surface area contributed by atoms with Crippen molar-refractivity contribution in [3.63, 3.8) is 0 Å². The van der Waals surface area contributed by atoms with E-state index >= 15 is 0 Å². The highest BCUT2D eigenvalue weighted by Gasteiger charge is 2.20. The van der Waals surface area contributed by atoms with Gasteiger partial charge in [0.2, 0.25) is 0 Å². The molecule has 0 aromatic rings. The lowest BCUT2D eigenvalue weighted by molar-refractivity contribution is -0.167. The molecule has 0 radical (unpaired) electrons.